The summed E-state index contributed by atoms with van der Waals surface area (Å²) < 4.78 is 6.96. The molecule has 0 spiro atoms. The molecule has 8 nitrogen and oxygen atoms in total. The number of nitrogens with one attached hydrogen (secondary N) is 2. The second-order valence-corrected chi connectivity index (χ2v) is 6.79. The molecule has 27 heavy (non-hydrogen) atoms. The number of H-pyrrole nitrogens is 1. The van der Waals surface area contributed by atoms with Crippen LogP contribution >= 0.6 is 0 Å². The Morgan fingerprint density at radius 2 is 2.19 bits per heavy atom. The highest BCUT2D eigenvalue weighted by Crippen LogP contribution is 2.26. The molecule has 142 valence electrons. The molecule has 0 unspecified atom stereocenters. The van der Waals surface area contributed by atoms with Crippen LogP contribution in [0.15, 0.2) is 36.8 Å². The Hall–Kier alpha value is -3.16. The van der Waals surface area contributed by atoms with E-state index in [1.807, 2.05) is 31.3 Å². The molecule has 3 rings (SSSR count). The largest absolute Gasteiger partial charge is 0.497 e. The minimum Gasteiger partial charge on any atom is -0.497 e. The number of carbonyl (C=O) groups is 1. The van der Waals surface area contributed by atoms with Gasteiger partial charge in [-0.1, -0.05) is 26.0 Å². The summed E-state index contributed by atoms with van der Waals surface area (Å²) in [5.74, 6) is 1.61. The number of rotatable bonds is 7. The van der Waals surface area contributed by atoms with E-state index in [9.17, 15) is 4.79 Å². The van der Waals surface area contributed by atoms with E-state index in [2.05, 4.69) is 39.4 Å². The van der Waals surface area contributed by atoms with Crippen molar-refractivity contribution >= 4 is 5.91 Å². The van der Waals surface area contributed by atoms with Crippen LogP contribution in [0, 0.1) is 5.92 Å². The fourth-order valence-electron chi connectivity index (χ4n) is 3.01. The monoisotopic (exact) mass is 368 g/mol. The van der Waals surface area contributed by atoms with Crippen LogP contribution in [0.4, 0.5) is 0 Å². The van der Waals surface area contributed by atoms with E-state index in [0.29, 0.717) is 22.9 Å². The SMILES string of the molecule is COc1cccc(-c2[nH]ncc2C(=O)N[C@@H](CC(C)C)c2ncnn2C)c1. The Bertz CT molecular complexity index is 914. The van der Waals surface area contributed by atoms with Gasteiger partial charge in [0.05, 0.1) is 30.6 Å². The van der Waals surface area contributed by atoms with Gasteiger partial charge < -0.3 is 10.1 Å². The molecule has 2 N–H and O–H groups in total. The Kier molecular flexibility index (Phi) is 5.54. The maximum atomic E-state index is 13.0. The fourth-order valence-corrected chi connectivity index (χ4v) is 3.01. The molecule has 1 aromatic carbocycles. The summed E-state index contributed by atoms with van der Waals surface area (Å²) in [6.45, 7) is 4.21. The highest BCUT2D eigenvalue weighted by Gasteiger charge is 2.23. The molecule has 3 aromatic rings. The zero-order chi connectivity index (χ0) is 19.4. The first-order chi connectivity index (χ1) is 13.0. The van der Waals surface area contributed by atoms with Crippen LogP contribution in [-0.4, -0.2) is 38.0 Å². The van der Waals surface area contributed by atoms with Crippen molar-refractivity contribution in [1.29, 1.82) is 0 Å². The van der Waals surface area contributed by atoms with Crippen LogP contribution in [0.3, 0.4) is 0 Å². The van der Waals surface area contributed by atoms with Gasteiger partial charge in [-0.05, 0) is 24.5 Å². The number of aromatic nitrogens is 5. The average Bonchev–Trinajstić information content (AvgIpc) is 3.29. The van der Waals surface area contributed by atoms with Crippen LogP contribution in [0.2, 0.25) is 0 Å². The second-order valence-electron chi connectivity index (χ2n) is 6.79. The lowest BCUT2D eigenvalue weighted by molar-refractivity contribution is 0.0929. The summed E-state index contributed by atoms with van der Waals surface area (Å²) >= 11 is 0. The lowest BCUT2D eigenvalue weighted by atomic mass is 10.0. The van der Waals surface area contributed by atoms with Gasteiger partial charge in [-0.3, -0.25) is 14.6 Å². The Morgan fingerprint density at radius 3 is 2.85 bits per heavy atom. The summed E-state index contributed by atoms with van der Waals surface area (Å²) in [5, 5.41) is 14.2. The van der Waals surface area contributed by atoms with Gasteiger partial charge in [-0.15, -0.1) is 0 Å². The van der Waals surface area contributed by atoms with E-state index >= 15 is 0 Å². The van der Waals surface area contributed by atoms with Gasteiger partial charge in [0.25, 0.3) is 5.91 Å². The summed E-state index contributed by atoms with van der Waals surface area (Å²) in [7, 11) is 3.43. The number of aromatic amines is 1. The normalized spacial score (nSPS) is 12.2. The minimum atomic E-state index is -0.238. The van der Waals surface area contributed by atoms with Crippen molar-refractivity contribution in [1.82, 2.24) is 30.3 Å². The van der Waals surface area contributed by atoms with Crippen molar-refractivity contribution in [2.24, 2.45) is 13.0 Å². The van der Waals surface area contributed by atoms with Crippen molar-refractivity contribution in [3.63, 3.8) is 0 Å². The lowest BCUT2D eigenvalue weighted by Gasteiger charge is -2.19. The van der Waals surface area contributed by atoms with E-state index < -0.39 is 0 Å². The number of nitrogens with zero attached hydrogens (tertiary/aromatic N) is 4. The summed E-state index contributed by atoms with van der Waals surface area (Å²) in [5.41, 5.74) is 1.95. The Morgan fingerprint density at radius 1 is 1.37 bits per heavy atom. The molecule has 2 aromatic heterocycles. The zero-order valence-corrected chi connectivity index (χ0v) is 15.9. The molecule has 0 aliphatic rings. The van der Waals surface area contributed by atoms with Crippen LogP contribution in [0.25, 0.3) is 11.3 Å². The van der Waals surface area contributed by atoms with E-state index in [4.69, 9.17) is 4.74 Å². The van der Waals surface area contributed by atoms with Crippen molar-refractivity contribution in [2.75, 3.05) is 7.11 Å². The summed E-state index contributed by atoms with van der Waals surface area (Å²) in [4.78, 5) is 17.3. The standard InChI is InChI=1S/C19H24N6O2/c1-12(2)8-16(18-20-11-22-25(18)3)23-19(26)15-10-21-24-17(15)13-6-5-7-14(9-13)27-4/h5-7,9-12,16H,8H2,1-4H3,(H,21,24)(H,23,26)/t16-/m0/s1. The lowest BCUT2D eigenvalue weighted by Crippen LogP contribution is -2.31. The maximum absolute atomic E-state index is 13.0. The summed E-state index contributed by atoms with van der Waals surface area (Å²) in [6.07, 6.45) is 3.78. The molecule has 0 saturated heterocycles. The van der Waals surface area contributed by atoms with Gasteiger partial charge in [0, 0.05) is 12.6 Å². The molecule has 1 amide bonds. The summed E-state index contributed by atoms with van der Waals surface area (Å²) in [6, 6.07) is 7.25. The third kappa shape index (κ3) is 4.16. The van der Waals surface area contributed by atoms with Crippen molar-refractivity contribution in [3.8, 4) is 17.0 Å². The van der Waals surface area contributed by atoms with Crippen LogP contribution in [-0.2, 0) is 7.05 Å². The number of hydrogen-bond donors (Lipinski definition) is 2. The molecule has 2 heterocycles. The van der Waals surface area contributed by atoms with E-state index in [1.54, 1.807) is 11.8 Å². The smallest absolute Gasteiger partial charge is 0.255 e. The molecular formula is C19H24N6O2. The fraction of sp³-hybridized carbons (Fsp3) is 0.368. The van der Waals surface area contributed by atoms with E-state index in [-0.39, 0.29) is 11.9 Å². The molecule has 0 aliphatic carbocycles. The Labute approximate surface area is 158 Å². The van der Waals surface area contributed by atoms with Crippen molar-refractivity contribution in [3.05, 3.63) is 48.2 Å². The number of aryl methyl sites for hydroxylation is 1. The Balaban J connectivity index is 1.87. The van der Waals surface area contributed by atoms with E-state index in [1.165, 1.54) is 12.5 Å². The van der Waals surface area contributed by atoms with Gasteiger partial charge in [0.2, 0.25) is 0 Å². The van der Waals surface area contributed by atoms with Crippen molar-refractivity contribution in [2.45, 2.75) is 26.3 Å². The third-order valence-electron chi connectivity index (χ3n) is 4.31. The van der Waals surface area contributed by atoms with Gasteiger partial charge in [0.15, 0.2) is 0 Å². The molecule has 8 heteroatoms. The topological polar surface area (TPSA) is 97.7 Å². The molecule has 0 bridgehead atoms. The molecule has 0 fully saturated rings. The zero-order valence-electron chi connectivity index (χ0n) is 15.9. The minimum absolute atomic E-state index is 0.213. The van der Waals surface area contributed by atoms with Crippen LogP contribution in [0.1, 0.15) is 42.5 Å². The molecular weight excluding hydrogens is 344 g/mol. The molecule has 1 atom stereocenters. The number of hydrogen-bond acceptors (Lipinski definition) is 5. The van der Waals surface area contributed by atoms with Gasteiger partial charge >= 0.3 is 0 Å². The molecule has 0 aliphatic heterocycles. The highest BCUT2D eigenvalue weighted by molar-refractivity contribution is 6.00. The second kappa shape index (κ2) is 8.03. The number of methoxy groups -OCH3 is 1. The van der Waals surface area contributed by atoms with Crippen molar-refractivity contribution < 1.29 is 9.53 Å². The van der Waals surface area contributed by atoms with Gasteiger partial charge in [0.1, 0.15) is 17.9 Å². The maximum Gasteiger partial charge on any atom is 0.255 e. The van der Waals surface area contributed by atoms with Crippen LogP contribution < -0.4 is 10.1 Å². The number of carbonyl (C=O) groups excluding carboxylic acids is 1. The van der Waals surface area contributed by atoms with E-state index in [0.717, 1.165) is 17.8 Å². The number of benzene rings is 1. The average molecular weight is 368 g/mol. The predicted octanol–water partition coefficient (Wildman–Crippen LogP) is 2.73. The predicted molar refractivity (Wildman–Crippen MR) is 101 cm³/mol. The molecule has 0 saturated carbocycles. The molecule has 0 radical (unpaired) electrons. The first kappa shape index (κ1) is 18.6. The first-order valence-electron chi connectivity index (χ1n) is 8.82. The number of ether oxygens (including phenoxy) is 1. The number of amides is 1. The van der Waals surface area contributed by atoms with Gasteiger partial charge in [-0.2, -0.15) is 10.2 Å². The highest BCUT2D eigenvalue weighted by atomic mass is 16.5. The van der Waals surface area contributed by atoms with Gasteiger partial charge in [-0.25, -0.2) is 4.98 Å². The quantitative estimate of drug-likeness (QED) is 0.668. The van der Waals surface area contributed by atoms with Crippen LogP contribution in [0.5, 0.6) is 5.75 Å². The first-order valence-corrected chi connectivity index (χ1v) is 8.82. The third-order valence-corrected chi connectivity index (χ3v) is 4.31.